The maximum atomic E-state index is 4.69. The normalized spacial score (nSPS) is 14.3. The van der Waals surface area contributed by atoms with Crippen molar-refractivity contribution in [2.24, 2.45) is 0 Å². The Balaban J connectivity index is 2.06. The largest absolute Gasteiger partial charge is 0.312 e. The predicted molar refractivity (Wildman–Crippen MR) is 70.1 cm³/mol. The SMILES string of the molecule is Cc1cc(-c2ncc3c(n2)CCNC3)cc(C)n1. The molecule has 3 rings (SSSR count). The van der Waals surface area contributed by atoms with E-state index in [0.29, 0.717) is 0 Å². The Morgan fingerprint density at radius 1 is 1.11 bits per heavy atom. The van der Waals surface area contributed by atoms with Gasteiger partial charge in [0, 0.05) is 48.2 Å². The van der Waals surface area contributed by atoms with Gasteiger partial charge in [-0.25, -0.2) is 9.97 Å². The van der Waals surface area contributed by atoms with Crippen molar-refractivity contribution in [2.75, 3.05) is 6.54 Å². The summed E-state index contributed by atoms with van der Waals surface area (Å²) in [4.78, 5) is 13.5. The Kier molecular flexibility index (Phi) is 2.80. The molecule has 0 amide bonds. The molecule has 0 fully saturated rings. The van der Waals surface area contributed by atoms with Gasteiger partial charge in [0.25, 0.3) is 0 Å². The Bertz CT molecular complexity index is 572. The van der Waals surface area contributed by atoms with Gasteiger partial charge in [0.15, 0.2) is 5.82 Å². The number of rotatable bonds is 1. The first-order valence-electron chi connectivity index (χ1n) is 6.23. The molecule has 3 heterocycles. The van der Waals surface area contributed by atoms with E-state index in [2.05, 4.69) is 20.3 Å². The second-order valence-electron chi connectivity index (χ2n) is 4.73. The predicted octanol–water partition coefficient (Wildman–Crippen LogP) is 1.80. The van der Waals surface area contributed by atoms with Crippen molar-refractivity contribution < 1.29 is 0 Å². The molecule has 0 saturated heterocycles. The Hall–Kier alpha value is -1.81. The van der Waals surface area contributed by atoms with Crippen molar-refractivity contribution in [3.8, 4) is 11.4 Å². The minimum Gasteiger partial charge on any atom is -0.312 e. The average molecular weight is 240 g/mol. The smallest absolute Gasteiger partial charge is 0.159 e. The van der Waals surface area contributed by atoms with Crippen molar-refractivity contribution in [2.45, 2.75) is 26.8 Å². The monoisotopic (exact) mass is 240 g/mol. The van der Waals surface area contributed by atoms with Crippen LogP contribution in [0.15, 0.2) is 18.3 Å². The van der Waals surface area contributed by atoms with Gasteiger partial charge in [-0.1, -0.05) is 0 Å². The van der Waals surface area contributed by atoms with E-state index in [1.165, 1.54) is 11.3 Å². The molecule has 0 aliphatic carbocycles. The fourth-order valence-corrected chi connectivity index (χ4v) is 2.34. The summed E-state index contributed by atoms with van der Waals surface area (Å²) >= 11 is 0. The summed E-state index contributed by atoms with van der Waals surface area (Å²) in [5, 5.41) is 3.33. The Morgan fingerprint density at radius 2 is 1.89 bits per heavy atom. The van der Waals surface area contributed by atoms with Gasteiger partial charge < -0.3 is 5.32 Å². The van der Waals surface area contributed by atoms with Crippen LogP contribution in [0.4, 0.5) is 0 Å². The summed E-state index contributed by atoms with van der Waals surface area (Å²) in [6.07, 6.45) is 2.92. The topological polar surface area (TPSA) is 50.7 Å². The lowest BCUT2D eigenvalue weighted by molar-refractivity contribution is 0.626. The van der Waals surface area contributed by atoms with E-state index in [9.17, 15) is 0 Å². The zero-order chi connectivity index (χ0) is 12.5. The highest BCUT2D eigenvalue weighted by molar-refractivity contribution is 5.56. The lowest BCUT2D eigenvalue weighted by atomic mass is 10.1. The molecule has 0 bridgehead atoms. The molecule has 92 valence electrons. The first-order chi connectivity index (χ1) is 8.72. The lowest BCUT2D eigenvalue weighted by Gasteiger charge is -2.16. The molecule has 0 aromatic carbocycles. The van der Waals surface area contributed by atoms with Crippen molar-refractivity contribution in [3.63, 3.8) is 0 Å². The number of fused-ring (bicyclic) bond motifs is 1. The van der Waals surface area contributed by atoms with E-state index in [4.69, 9.17) is 0 Å². The number of hydrogen-bond donors (Lipinski definition) is 1. The third kappa shape index (κ3) is 2.11. The van der Waals surface area contributed by atoms with Crippen LogP contribution in [0.1, 0.15) is 22.6 Å². The van der Waals surface area contributed by atoms with E-state index in [-0.39, 0.29) is 0 Å². The second kappa shape index (κ2) is 4.46. The molecule has 2 aromatic heterocycles. The van der Waals surface area contributed by atoms with Crippen molar-refractivity contribution in [1.82, 2.24) is 20.3 Å². The van der Waals surface area contributed by atoms with Gasteiger partial charge in [0.05, 0.1) is 5.69 Å². The van der Waals surface area contributed by atoms with Gasteiger partial charge in [0.1, 0.15) is 0 Å². The highest BCUT2D eigenvalue weighted by Crippen LogP contribution is 2.19. The third-order valence-corrected chi connectivity index (χ3v) is 3.15. The number of aryl methyl sites for hydroxylation is 2. The number of pyridine rings is 1. The molecule has 0 saturated carbocycles. The molecule has 2 aromatic rings. The molecule has 18 heavy (non-hydrogen) atoms. The highest BCUT2D eigenvalue weighted by Gasteiger charge is 2.12. The molecule has 0 unspecified atom stereocenters. The fraction of sp³-hybridized carbons (Fsp3) is 0.357. The molecular weight excluding hydrogens is 224 g/mol. The van der Waals surface area contributed by atoms with E-state index >= 15 is 0 Å². The van der Waals surface area contributed by atoms with E-state index < -0.39 is 0 Å². The van der Waals surface area contributed by atoms with Gasteiger partial charge in [-0.2, -0.15) is 0 Å². The van der Waals surface area contributed by atoms with Crippen LogP contribution in [0.5, 0.6) is 0 Å². The highest BCUT2D eigenvalue weighted by atomic mass is 14.9. The van der Waals surface area contributed by atoms with Crippen LogP contribution in [-0.2, 0) is 13.0 Å². The Labute approximate surface area is 107 Å². The van der Waals surface area contributed by atoms with Gasteiger partial charge in [-0.05, 0) is 26.0 Å². The van der Waals surface area contributed by atoms with Crippen molar-refractivity contribution >= 4 is 0 Å². The van der Waals surface area contributed by atoms with Gasteiger partial charge in [-0.3, -0.25) is 4.98 Å². The average Bonchev–Trinajstić information content (AvgIpc) is 2.37. The molecule has 4 nitrogen and oxygen atoms in total. The summed E-state index contributed by atoms with van der Waals surface area (Å²) in [6.45, 7) is 5.87. The van der Waals surface area contributed by atoms with Crippen LogP contribution >= 0.6 is 0 Å². The summed E-state index contributed by atoms with van der Waals surface area (Å²) < 4.78 is 0. The van der Waals surface area contributed by atoms with Crippen LogP contribution in [0.2, 0.25) is 0 Å². The van der Waals surface area contributed by atoms with Crippen LogP contribution in [0.25, 0.3) is 11.4 Å². The Morgan fingerprint density at radius 3 is 2.67 bits per heavy atom. The molecule has 0 atom stereocenters. The van der Waals surface area contributed by atoms with Gasteiger partial charge in [-0.15, -0.1) is 0 Å². The molecule has 0 spiro atoms. The van der Waals surface area contributed by atoms with Crippen molar-refractivity contribution in [1.29, 1.82) is 0 Å². The second-order valence-corrected chi connectivity index (χ2v) is 4.73. The summed E-state index contributed by atoms with van der Waals surface area (Å²) in [5.41, 5.74) is 5.46. The molecule has 1 aliphatic heterocycles. The quantitative estimate of drug-likeness (QED) is 0.825. The zero-order valence-electron chi connectivity index (χ0n) is 10.7. The first kappa shape index (κ1) is 11.3. The standard InChI is InChI=1S/C14H16N4/c1-9-5-11(6-10(2)17-9)14-16-8-12-7-15-4-3-13(12)18-14/h5-6,8,15H,3-4,7H2,1-2H3. The van der Waals surface area contributed by atoms with E-state index in [0.717, 1.165) is 42.3 Å². The molecular formula is C14H16N4. The summed E-state index contributed by atoms with van der Waals surface area (Å²) in [7, 11) is 0. The van der Waals surface area contributed by atoms with E-state index in [1.54, 1.807) is 0 Å². The van der Waals surface area contributed by atoms with Gasteiger partial charge in [0.2, 0.25) is 0 Å². The minimum absolute atomic E-state index is 0.809. The molecule has 1 aliphatic rings. The minimum atomic E-state index is 0.809. The summed E-state index contributed by atoms with van der Waals surface area (Å²) in [5.74, 6) is 0.809. The zero-order valence-corrected chi connectivity index (χ0v) is 10.7. The number of hydrogen-bond acceptors (Lipinski definition) is 4. The lowest BCUT2D eigenvalue weighted by Crippen LogP contribution is -2.25. The van der Waals surface area contributed by atoms with Crippen LogP contribution in [0, 0.1) is 13.8 Å². The number of nitrogens with zero attached hydrogens (tertiary/aromatic N) is 3. The van der Waals surface area contributed by atoms with Crippen LogP contribution in [0.3, 0.4) is 0 Å². The van der Waals surface area contributed by atoms with Crippen LogP contribution < -0.4 is 5.32 Å². The maximum absolute atomic E-state index is 4.69. The molecule has 0 radical (unpaired) electrons. The number of aromatic nitrogens is 3. The number of nitrogens with one attached hydrogen (secondary N) is 1. The third-order valence-electron chi connectivity index (χ3n) is 3.15. The van der Waals surface area contributed by atoms with Crippen molar-refractivity contribution in [3.05, 3.63) is 41.0 Å². The molecule has 4 heteroatoms. The fourth-order valence-electron chi connectivity index (χ4n) is 2.34. The summed E-state index contributed by atoms with van der Waals surface area (Å²) in [6, 6.07) is 4.08. The van der Waals surface area contributed by atoms with Gasteiger partial charge >= 0.3 is 0 Å². The van der Waals surface area contributed by atoms with Crippen LogP contribution in [-0.4, -0.2) is 21.5 Å². The van der Waals surface area contributed by atoms with E-state index in [1.807, 2.05) is 32.2 Å². The molecule has 1 N–H and O–H groups in total. The maximum Gasteiger partial charge on any atom is 0.159 e. The first-order valence-corrected chi connectivity index (χ1v) is 6.23.